The maximum absolute atomic E-state index is 13.3. The Labute approximate surface area is 219 Å². The highest BCUT2D eigenvalue weighted by Gasteiger charge is 2.37. The zero-order valence-corrected chi connectivity index (χ0v) is 21.5. The molecule has 1 heterocycles. The average Bonchev–Trinajstić information content (AvgIpc) is 3.36. The summed E-state index contributed by atoms with van der Waals surface area (Å²) in [6.45, 7) is 4.92. The fraction of sp³-hybridized carbons (Fsp3) is 0.346. The Bertz CT molecular complexity index is 1300. The van der Waals surface area contributed by atoms with Crippen LogP contribution in [0.15, 0.2) is 54.6 Å². The van der Waals surface area contributed by atoms with Crippen molar-refractivity contribution in [3.63, 3.8) is 0 Å². The molecule has 2 aromatic carbocycles. The number of nitrogens with zero attached hydrogens (tertiary/aromatic N) is 4. The number of ketones is 1. The number of carbonyl (C=O) groups excluding carboxylic acids is 4. The van der Waals surface area contributed by atoms with E-state index in [2.05, 4.69) is 15.4 Å². The molecule has 0 aliphatic carbocycles. The van der Waals surface area contributed by atoms with E-state index in [4.69, 9.17) is 19.9 Å². The summed E-state index contributed by atoms with van der Waals surface area (Å²) in [5.74, 6) is -3.08. The zero-order chi connectivity index (χ0) is 27.9. The molecule has 2 atom stereocenters. The molecule has 200 valence electrons. The minimum atomic E-state index is -1.72. The van der Waals surface area contributed by atoms with Gasteiger partial charge in [-0.15, -0.1) is 15.0 Å². The van der Waals surface area contributed by atoms with Gasteiger partial charge in [0, 0.05) is 5.56 Å². The van der Waals surface area contributed by atoms with E-state index < -0.39 is 47.8 Å². The van der Waals surface area contributed by atoms with Gasteiger partial charge >= 0.3 is 17.9 Å². The minimum absolute atomic E-state index is 0.0325. The van der Waals surface area contributed by atoms with E-state index in [0.29, 0.717) is 11.1 Å². The van der Waals surface area contributed by atoms with Crippen LogP contribution in [0.1, 0.15) is 49.2 Å². The Morgan fingerprint density at radius 2 is 1.74 bits per heavy atom. The number of carbonyl (C=O) groups is 4. The van der Waals surface area contributed by atoms with Gasteiger partial charge in [0.25, 0.3) is 0 Å². The summed E-state index contributed by atoms with van der Waals surface area (Å²) in [4.78, 5) is 51.3. The van der Waals surface area contributed by atoms with Crippen molar-refractivity contribution in [1.29, 1.82) is 0 Å². The van der Waals surface area contributed by atoms with E-state index in [1.165, 1.54) is 13.2 Å². The summed E-state index contributed by atoms with van der Waals surface area (Å²) >= 11 is 0. The Morgan fingerprint density at radius 3 is 2.39 bits per heavy atom. The summed E-state index contributed by atoms with van der Waals surface area (Å²) < 4.78 is 15.3. The van der Waals surface area contributed by atoms with E-state index in [0.717, 1.165) is 4.80 Å². The van der Waals surface area contributed by atoms with Gasteiger partial charge in [-0.3, -0.25) is 9.59 Å². The fourth-order valence-corrected chi connectivity index (χ4v) is 3.35. The van der Waals surface area contributed by atoms with Gasteiger partial charge in [0.15, 0.2) is 5.78 Å². The summed E-state index contributed by atoms with van der Waals surface area (Å²) in [5.41, 5.74) is 6.55. The van der Waals surface area contributed by atoms with E-state index in [-0.39, 0.29) is 18.0 Å². The standard InChI is InChI=1S/C26H29N5O7/c1-26(2,3)38-20(32)14-19(27)22(33)21(25(35)37-15-16-9-6-5-7-10-16)31-29-23(28-30-31)17-11-8-12-18(13-17)24(34)36-4/h5-13,19,21H,14-15,27H2,1-4H3. The number of benzene rings is 2. The van der Waals surface area contributed by atoms with Crippen LogP contribution in [0.25, 0.3) is 11.4 Å². The third kappa shape index (κ3) is 7.53. The number of esters is 3. The first-order chi connectivity index (χ1) is 18.0. The monoisotopic (exact) mass is 523 g/mol. The molecule has 38 heavy (non-hydrogen) atoms. The van der Waals surface area contributed by atoms with Crippen molar-refractivity contribution in [2.75, 3.05) is 7.11 Å². The molecule has 0 saturated carbocycles. The van der Waals surface area contributed by atoms with Crippen LogP contribution in [0.2, 0.25) is 0 Å². The first-order valence-electron chi connectivity index (χ1n) is 11.7. The van der Waals surface area contributed by atoms with Crippen LogP contribution in [0.3, 0.4) is 0 Å². The highest BCUT2D eigenvalue weighted by atomic mass is 16.6. The van der Waals surface area contributed by atoms with Gasteiger partial charge in [0.05, 0.1) is 25.1 Å². The van der Waals surface area contributed by atoms with Gasteiger partial charge in [-0.2, -0.15) is 0 Å². The smallest absolute Gasteiger partial charge is 0.341 e. The number of hydrogen-bond acceptors (Lipinski definition) is 11. The molecule has 0 spiro atoms. The maximum Gasteiger partial charge on any atom is 0.341 e. The predicted octanol–water partition coefficient (Wildman–Crippen LogP) is 2.04. The number of aromatic nitrogens is 4. The topological polar surface area (TPSA) is 166 Å². The third-order valence-electron chi connectivity index (χ3n) is 5.09. The van der Waals surface area contributed by atoms with Crippen molar-refractivity contribution in [1.82, 2.24) is 20.2 Å². The number of rotatable bonds is 10. The lowest BCUT2D eigenvalue weighted by Crippen LogP contribution is -2.43. The Kier molecular flexibility index (Phi) is 9.02. The molecule has 0 bridgehead atoms. The van der Waals surface area contributed by atoms with E-state index >= 15 is 0 Å². The van der Waals surface area contributed by atoms with Crippen LogP contribution >= 0.6 is 0 Å². The van der Waals surface area contributed by atoms with Crippen molar-refractivity contribution >= 4 is 23.7 Å². The molecule has 0 saturated heterocycles. The van der Waals surface area contributed by atoms with Gasteiger partial charge < -0.3 is 19.9 Å². The minimum Gasteiger partial charge on any atom is -0.465 e. The lowest BCUT2D eigenvalue weighted by Gasteiger charge is -2.21. The van der Waals surface area contributed by atoms with Gasteiger partial charge in [0.1, 0.15) is 12.2 Å². The summed E-state index contributed by atoms with van der Waals surface area (Å²) in [6.07, 6.45) is -0.471. The summed E-state index contributed by atoms with van der Waals surface area (Å²) in [5, 5.41) is 12.0. The van der Waals surface area contributed by atoms with Gasteiger partial charge in [-0.25, -0.2) is 9.59 Å². The van der Waals surface area contributed by atoms with E-state index in [1.54, 1.807) is 63.2 Å². The normalized spacial score (nSPS) is 12.8. The molecule has 2 unspecified atom stereocenters. The molecule has 3 aromatic rings. The number of Topliss-reactive ketones (excluding diaryl/α,β-unsaturated/α-hetero) is 1. The van der Waals surface area contributed by atoms with Crippen molar-refractivity contribution in [3.8, 4) is 11.4 Å². The molecule has 0 radical (unpaired) electrons. The summed E-state index contributed by atoms with van der Waals surface area (Å²) in [6, 6.07) is 12.0. The van der Waals surface area contributed by atoms with Crippen molar-refractivity contribution in [2.45, 2.75) is 51.5 Å². The SMILES string of the molecule is COC(=O)c1cccc(-c2nnn(C(C(=O)OCc3ccccc3)C(=O)C(N)CC(=O)OC(C)(C)C)n2)c1. The van der Waals surface area contributed by atoms with Crippen LogP contribution < -0.4 is 5.73 Å². The second-order valence-corrected chi connectivity index (χ2v) is 9.30. The van der Waals surface area contributed by atoms with Gasteiger partial charge in [-0.1, -0.05) is 42.5 Å². The van der Waals surface area contributed by atoms with Crippen LogP contribution in [0.4, 0.5) is 0 Å². The molecular weight excluding hydrogens is 494 g/mol. The molecular formula is C26H29N5O7. The molecule has 0 aliphatic heterocycles. The molecule has 0 aliphatic rings. The van der Waals surface area contributed by atoms with Crippen molar-refractivity contribution < 1.29 is 33.4 Å². The molecule has 0 fully saturated rings. The largest absolute Gasteiger partial charge is 0.465 e. The van der Waals surface area contributed by atoms with Crippen LogP contribution in [0, 0.1) is 0 Å². The Morgan fingerprint density at radius 1 is 1.03 bits per heavy atom. The quantitative estimate of drug-likeness (QED) is 0.235. The van der Waals surface area contributed by atoms with Gasteiger partial charge in [-0.05, 0) is 43.7 Å². The first kappa shape index (κ1) is 28.1. The Balaban J connectivity index is 1.88. The Hall–Kier alpha value is -4.45. The number of hydrogen-bond donors (Lipinski definition) is 1. The van der Waals surface area contributed by atoms with E-state index in [1.807, 2.05) is 6.07 Å². The lowest BCUT2D eigenvalue weighted by molar-refractivity contribution is -0.158. The second kappa shape index (κ2) is 12.2. The van der Waals surface area contributed by atoms with Crippen molar-refractivity contribution in [3.05, 3.63) is 65.7 Å². The van der Waals surface area contributed by atoms with Gasteiger partial charge in [0.2, 0.25) is 11.9 Å². The molecule has 1 aromatic heterocycles. The highest BCUT2D eigenvalue weighted by Crippen LogP contribution is 2.19. The van der Waals surface area contributed by atoms with Crippen LogP contribution in [-0.2, 0) is 35.2 Å². The third-order valence-corrected chi connectivity index (χ3v) is 5.09. The summed E-state index contributed by atoms with van der Waals surface area (Å²) in [7, 11) is 1.25. The van der Waals surface area contributed by atoms with Crippen molar-refractivity contribution in [2.24, 2.45) is 5.73 Å². The predicted molar refractivity (Wildman–Crippen MR) is 133 cm³/mol. The maximum atomic E-state index is 13.3. The molecule has 3 rings (SSSR count). The molecule has 0 amide bonds. The van der Waals surface area contributed by atoms with Crippen LogP contribution in [-0.4, -0.2) is 62.7 Å². The van der Waals surface area contributed by atoms with E-state index in [9.17, 15) is 19.2 Å². The highest BCUT2D eigenvalue weighted by molar-refractivity contribution is 6.04. The lowest BCUT2D eigenvalue weighted by atomic mass is 10.0. The number of tetrazole rings is 1. The molecule has 12 heteroatoms. The number of methoxy groups -OCH3 is 1. The molecule has 12 nitrogen and oxygen atoms in total. The second-order valence-electron chi connectivity index (χ2n) is 9.30. The first-order valence-corrected chi connectivity index (χ1v) is 11.7. The van der Waals surface area contributed by atoms with Crippen LogP contribution in [0.5, 0.6) is 0 Å². The zero-order valence-electron chi connectivity index (χ0n) is 21.5. The fourth-order valence-electron chi connectivity index (χ4n) is 3.35. The molecule has 2 N–H and O–H groups in total. The number of nitrogens with two attached hydrogens (primary N) is 1. The number of ether oxygens (including phenoxy) is 3. The average molecular weight is 524 g/mol.